The number of benzene rings is 1. The molecule has 2 fully saturated rings. The summed E-state index contributed by atoms with van der Waals surface area (Å²) in [5.74, 6) is 1.95. The molecule has 3 unspecified atom stereocenters. The first-order chi connectivity index (χ1) is 13.5. The highest BCUT2D eigenvalue weighted by molar-refractivity contribution is 5.75. The van der Waals surface area contributed by atoms with Gasteiger partial charge in [-0.1, -0.05) is 69.9 Å². The fraction of sp³-hybridized carbons (Fsp3) is 0.615. The van der Waals surface area contributed by atoms with E-state index in [-0.39, 0.29) is 0 Å². The Balaban J connectivity index is 1.38. The number of rotatable bonds is 7. The Bertz CT molecular complexity index is 753. The van der Waals surface area contributed by atoms with Crippen LogP contribution in [0.25, 0.3) is 5.57 Å². The Morgan fingerprint density at radius 1 is 1.21 bits per heavy atom. The maximum absolute atomic E-state index is 4.37. The van der Waals surface area contributed by atoms with Crippen LogP contribution in [-0.2, 0) is 6.42 Å². The van der Waals surface area contributed by atoms with Crippen LogP contribution in [0.15, 0.2) is 42.2 Å². The number of fused-ring (bicyclic) bond motifs is 1. The third-order valence-corrected chi connectivity index (χ3v) is 7.99. The summed E-state index contributed by atoms with van der Waals surface area (Å²) in [6.07, 6.45) is 12.2. The van der Waals surface area contributed by atoms with E-state index >= 15 is 0 Å². The maximum Gasteiger partial charge on any atom is 0.0919 e. The van der Waals surface area contributed by atoms with Crippen molar-refractivity contribution in [1.29, 1.82) is 0 Å². The van der Waals surface area contributed by atoms with Crippen molar-refractivity contribution in [1.82, 2.24) is 10.6 Å². The molecule has 1 spiro atoms. The van der Waals surface area contributed by atoms with E-state index in [0.717, 1.165) is 18.2 Å². The number of hydrogen-bond acceptors (Lipinski definition) is 2. The summed E-state index contributed by atoms with van der Waals surface area (Å²) in [7, 11) is 0. The van der Waals surface area contributed by atoms with Gasteiger partial charge >= 0.3 is 0 Å². The van der Waals surface area contributed by atoms with Crippen LogP contribution in [0.3, 0.4) is 0 Å². The van der Waals surface area contributed by atoms with Gasteiger partial charge < -0.3 is 10.6 Å². The van der Waals surface area contributed by atoms with Crippen LogP contribution in [0.2, 0.25) is 0 Å². The maximum atomic E-state index is 4.37. The lowest BCUT2D eigenvalue weighted by Crippen LogP contribution is -2.61. The van der Waals surface area contributed by atoms with Crippen molar-refractivity contribution < 1.29 is 0 Å². The lowest BCUT2D eigenvalue weighted by atomic mass is 9.50. The van der Waals surface area contributed by atoms with Gasteiger partial charge in [-0.3, -0.25) is 0 Å². The predicted octanol–water partition coefficient (Wildman–Crippen LogP) is 6.19. The van der Waals surface area contributed by atoms with Crippen molar-refractivity contribution in [2.75, 3.05) is 0 Å². The third-order valence-electron chi connectivity index (χ3n) is 7.99. The van der Waals surface area contributed by atoms with E-state index in [2.05, 4.69) is 62.2 Å². The lowest BCUT2D eigenvalue weighted by Gasteiger charge is -2.59. The Kier molecular flexibility index (Phi) is 5.58. The molecule has 1 aromatic carbocycles. The molecule has 28 heavy (non-hydrogen) atoms. The predicted molar refractivity (Wildman–Crippen MR) is 120 cm³/mol. The van der Waals surface area contributed by atoms with Crippen LogP contribution < -0.4 is 10.6 Å². The van der Waals surface area contributed by atoms with Crippen LogP contribution in [0.4, 0.5) is 0 Å². The molecule has 0 amide bonds. The molecule has 3 atom stereocenters. The Morgan fingerprint density at radius 3 is 2.68 bits per heavy atom. The molecule has 152 valence electrons. The quantitative estimate of drug-likeness (QED) is 0.591. The molecular weight excluding hydrogens is 340 g/mol. The standard InChI is InChI=1S/C26H38N2/c1-5-11-22-17-25(26(22)14-9-6-10-15-26)28-20(4)27-19(3)24-16-21-12-7-8-13-23(21)18(24)2/h7-8,12-13,19,22,25,27-28H,4-6,9-11,14-17H2,1-3H3. The van der Waals surface area contributed by atoms with Gasteiger partial charge in [0.05, 0.1) is 5.82 Å². The van der Waals surface area contributed by atoms with E-state index in [1.54, 1.807) is 0 Å². The fourth-order valence-electron chi connectivity index (χ4n) is 6.43. The van der Waals surface area contributed by atoms with Gasteiger partial charge in [0.2, 0.25) is 0 Å². The first kappa shape index (κ1) is 19.6. The first-order valence-corrected chi connectivity index (χ1v) is 11.5. The topological polar surface area (TPSA) is 24.1 Å². The van der Waals surface area contributed by atoms with E-state index in [9.17, 15) is 0 Å². The molecule has 4 rings (SSSR count). The largest absolute Gasteiger partial charge is 0.369 e. The molecule has 0 aromatic heterocycles. The molecule has 0 heterocycles. The molecular formula is C26H38N2. The molecule has 0 saturated heterocycles. The molecule has 0 bridgehead atoms. The summed E-state index contributed by atoms with van der Waals surface area (Å²) >= 11 is 0. The van der Waals surface area contributed by atoms with Gasteiger partial charge in [-0.05, 0) is 73.1 Å². The molecule has 2 saturated carbocycles. The van der Waals surface area contributed by atoms with Gasteiger partial charge in [-0.2, -0.15) is 0 Å². The summed E-state index contributed by atoms with van der Waals surface area (Å²) in [5, 5.41) is 7.52. The Hall–Kier alpha value is -1.70. The monoisotopic (exact) mass is 378 g/mol. The van der Waals surface area contributed by atoms with Gasteiger partial charge in [0.25, 0.3) is 0 Å². The molecule has 0 radical (unpaired) electrons. The zero-order valence-corrected chi connectivity index (χ0v) is 18.1. The van der Waals surface area contributed by atoms with Gasteiger partial charge in [-0.15, -0.1) is 0 Å². The number of hydrogen-bond donors (Lipinski definition) is 2. The second-order valence-corrected chi connectivity index (χ2v) is 9.54. The first-order valence-electron chi connectivity index (χ1n) is 11.5. The second-order valence-electron chi connectivity index (χ2n) is 9.54. The lowest BCUT2D eigenvalue weighted by molar-refractivity contribution is -0.0544. The van der Waals surface area contributed by atoms with E-state index in [1.165, 1.54) is 73.6 Å². The average Bonchev–Trinajstić information content (AvgIpc) is 3.05. The van der Waals surface area contributed by atoms with Crippen molar-refractivity contribution in [3.63, 3.8) is 0 Å². The molecule has 3 aliphatic rings. The molecule has 0 aliphatic heterocycles. The SMILES string of the molecule is C=C(NC(C)C1=C(C)c2ccccc2C1)NC1CC(CCC)C12CCCCC2. The van der Waals surface area contributed by atoms with Crippen molar-refractivity contribution in [3.8, 4) is 0 Å². The summed E-state index contributed by atoms with van der Waals surface area (Å²) in [6, 6.07) is 9.76. The van der Waals surface area contributed by atoms with Crippen LogP contribution in [0, 0.1) is 11.3 Å². The number of allylic oxidation sites excluding steroid dienone is 1. The smallest absolute Gasteiger partial charge is 0.0919 e. The highest BCUT2D eigenvalue weighted by atomic mass is 15.1. The van der Waals surface area contributed by atoms with Crippen molar-refractivity contribution >= 4 is 5.57 Å². The van der Waals surface area contributed by atoms with Gasteiger partial charge in [0, 0.05) is 12.1 Å². The van der Waals surface area contributed by atoms with Gasteiger partial charge in [-0.25, -0.2) is 0 Å². The van der Waals surface area contributed by atoms with Crippen LogP contribution in [-0.4, -0.2) is 12.1 Å². The van der Waals surface area contributed by atoms with E-state index in [4.69, 9.17) is 0 Å². The molecule has 3 aliphatic carbocycles. The highest BCUT2D eigenvalue weighted by Gasteiger charge is 2.54. The van der Waals surface area contributed by atoms with Crippen molar-refractivity contribution in [2.45, 2.75) is 90.6 Å². The van der Waals surface area contributed by atoms with Gasteiger partial charge in [0.15, 0.2) is 0 Å². The number of nitrogens with one attached hydrogen (secondary N) is 2. The van der Waals surface area contributed by atoms with Crippen molar-refractivity contribution in [3.05, 3.63) is 53.4 Å². The fourth-order valence-corrected chi connectivity index (χ4v) is 6.43. The van der Waals surface area contributed by atoms with Crippen LogP contribution in [0.1, 0.15) is 83.3 Å². The van der Waals surface area contributed by atoms with E-state index in [0.29, 0.717) is 17.5 Å². The molecule has 2 nitrogen and oxygen atoms in total. The van der Waals surface area contributed by atoms with Crippen LogP contribution in [0.5, 0.6) is 0 Å². The third kappa shape index (κ3) is 3.40. The summed E-state index contributed by atoms with van der Waals surface area (Å²) in [5.41, 5.74) is 6.38. The summed E-state index contributed by atoms with van der Waals surface area (Å²) in [4.78, 5) is 0. The molecule has 1 aromatic rings. The minimum absolute atomic E-state index is 0.321. The zero-order valence-electron chi connectivity index (χ0n) is 18.1. The minimum Gasteiger partial charge on any atom is -0.369 e. The van der Waals surface area contributed by atoms with Gasteiger partial charge in [0.1, 0.15) is 0 Å². The Labute approximate surface area is 171 Å². The van der Waals surface area contributed by atoms with Crippen molar-refractivity contribution in [2.24, 2.45) is 11.3 Å². The molecule has 2 heteroatoms. The summed E-state index contributed by atoms with van der Waals surface area (Å²) in [6.45, 7) is 11.3. The van der Waals surface area contributed by atoms with Crippen LogP contribution >= 0.6 is 0 Å². The van der Waals surface area contributed by atoms with E-state index in [1.807, 2.05) is 0 Å². The van der Waals surface area contributed by atoms with E-state index < -0.39 is 0 Å². The zero-order chi connectivity index (χ0) is 19.7. The average molecular weight is 379 g/mol. The minimum atomic E-state index is 0.321. The normalized spacial score (nSPS) is 26.5. The summed E-state index contributed by atoms with van der Waals surface area (Å²) < 4.78 is 0. The second kappa shape index (κ2) is 7.97. The highest BCUT2D eigenvalue weighted by Crippen LogP contribution is 2.57. The Morgan fingerprint density at radius 2 is 1.96 bits per heavy atom. The molecule has 2 N–H and O–H groups in total.